The second kappa shape index (κ2) is 8.79. The Bertz CT molecular complexity index is 556. The summed E-state index contributed by atoms with van der Waals surface area (Å²) in [5.74, 6) is 0.908. The predicted octanol–water partition coefficient (Wildman–Crippen LogP) is 1.64. The first-order valence-electron chi connectivity index (χ1n) is 6.04. The summed E-state index contributed by atoms with van der Waals surface area (Å²) in [6.45, 7) is 1.15. The number of carbonyl (C=O) groups excluding carboxylic acids is 1. The van der Waals surface area contributed by atoms with Crippen molar-refractivity contribution in [1.29, 1.82) is 0 Å². The van der Waals surface area contributed by atoms with Gasteiger partial charge in [0.1, 0.15) is 5.82 Å². The molecule has 0 aliphatic rings. The normalized spacial score (nSPS) is 9.70. The van der Waals surface area contributed by atoms with Crippen LogP contribution in [0.4, 0.5) is 0 Å². The molecule has 20 heavy (non-hydrogen) atoms. The minimum atomic E-state index is 0. The number of nitrogens with one attached hydrogen (secondary N) is 2. The van der Waals surface area contributed by atoms with E-state index in [1.54, 1.807) is 0 Å². The van der Waals surface area contributed by atoms with Crippen LogP contribution in [0.3, 0.4) is 0 Å². The van der Waals surface area contributed by atoms with Crippen LogP contribution in [0.5, 0.6) is 0 Å². The Morgan fingerprint density at radius 3 is 2.65 bits per heavy atom. The van der Waals surface area contributed by atoms with Gasteiger partial charge in [-0.2, -0.15) is 0 Å². The van der Waals surface area contributed by atoms with Crippen LogP contribution in [0.1, 0.15) is 12.2 Å². The van der Waals surface area contributed by atoms with E-state index in [2.05, 4.69) is 15.6 Å². The van der Waals surface area contributed by atoms with Crippen molar-refractivity contribution in [3.63, 3.8) is 0 Å². The summed E-state index contributed by atoms with van der Waals surface area (Å²) in [6.07, 6.45) is 0.487. The molecular formula is C13H20Cl2N4O. The van der Waals surface area contributed by atoms with Crippen molar-refractivity contribution < 1.29 is 4.79 Å². The summed E-state index contributed by atoms with van der Waals surface area (Å²) in [6, 6.07) is 7.94. The van der Waals surface area contributed by atoms with E-state index in [0.717, 1.165) is 16.9 Å². The molecule has 1 aromatic heterocycles. The lowest BCUT2D eigenvalue weighted by atomic mass is 10.3. The zero-order valence-corrected chi connectivity index (χ0v) is 13.2. The van der Waals surface area contributed by atoms with Crippen LogP contribution in [-0.2, 0) is 18.4 Å². The number of nitrogens with zero attached hydrogens (tertiary/aromatic N) is 2. The van der Waals surface area contributed by atoms with Crippen molar-refractivity contribution in [2.45, 2.75) is 13.0 Å². The number of imidazole rings is 1. The molecule has 0 bridgehead atoms. The average molecular weight is 319 g/mol. The van der Waals surface area contributed by atoms with Gasteiger partial charge in [0.05, 0.1) is 17.6 Å². The van der Waals surface area contributed by atoms with Crippen molar-refractivity contribution in [3.05, 3.63) is 30.1 Å². The van der Waals surface area contributed by atoms with Crippen LogP contribution in [-0.4, -0.2) is 29.1 Å². The third-order valence-corrected chi connectivity index (χ3v) is 2.93. The lowest BCUT2D eigenvalue weighted by molar-refractivity contribution is -0.121. The van der Waals surface area contributed by atoms with Gasteiger partial charge in [0.25, 0.3) is 0 Å². The molecule has 0 aliphatic heterocycles. The van der Waals surface area contributed by atoms with E-state index in [1.807, 2.05) is 42.9 Å². The van der Waals surface area contributed by atoms with Crippen LogP contribution in [0, 0.1) is 0 Å². The maximum atomic E-state index is 11.5. The average Bonchev–Trinajstić information content (AvgIpc) is 2.71. The molecule has 5 nitrogen and oxygen atoms in total. The highest BCUT2D eigenvalue weighted by atomic mass is 35.5. The Balaban J connectivity index is 0.00000180. The minimum absolute atomic E-state index is 0. The van der Waals surface area contributed by atoms with Crippen LogP contribution < -0.4 is 10.6 Å². The van der Waals surface area contributed by atoms with Gasteiger partial charge in [0.2, 0.25) is 5.91 Å². The van der Waals surface area contributed by atoms with E-state index in [9.17, 15) is 4.79 Å². The van der Waals surface area contributed by atoms with E-state index in [-0.39, 0.29) is 30.7 Å². The molecule has 1 heterocycles. The summed E-state index contributed by atoms with van der Waals surface area (Å²) in [7, 11) is 3.79. The number of rotatable bonds is 5. The molecule has 112 valence electrons. The summed E-state index contributed by atoms with van der Waals surface area (Å²) in [4.78, 5) is 16.0. The zero-order valence-electron chi connectivity index (χ0n) is 11.5. The number of carbonyl (C=O) groups is 1. The fourth-order valence-electron chi connectivity index (χ4n) is 1.86. The molecule has 1 aromatic carbocycles. The van der Waals surface area contributed by atoms with Crippen molar-refractivity contribution in [3.8, 4) is 0 Å². The number of halogens is 2. The Kier molecular flexibility index (Phi) is 8.22. The molecule has 0 fully saturated rings. The van der Waals surface area contributed by atoms with E-state index in [0.29, 0.717) is 19.5 Å². The number of aromatic nitrogens is 2. The minimum Gasteiger partial charge on any atom is -0.349 e. The summed E-state index contributed by atoms with van der Waals surface area (Å²) in [5.41, 5.74) is 2.04. The molecule has 2 N–H and O–H groups in total. The van der Waals surface area contributed by atoms with Crippen LogP contribution in [0.25, 0.3) is 11.0 Å². The molecule has 2 rings (SSSR count). The second-order valence-corrected chi connectivity index (χ2v) is 4.21. The molecule has 0 unspecified atom stereocenters. The first-order valence-corrected chi connectivity index (χ1v) is 6.04. The number of fused-ring (bicyclic) bond motifs is 1. The summed E-state index contributed by atoms with van der Waals surface area (Å²) in [5, 5.41) is 5.82. The quantitative estimate of drug-likeness (QED) is 0.881. The molecule has 0 aliphatic carbocycles. The predicted molar refractivity (Wildman–Crippen MR) is 85.6 cm³/mol. The fourth-order valence-corrected chi connectivity index (χ4v) is 1.86. The molecule has 0 radical (unpaired) electrons. The number of hydrogen-bond acceptors (Lipinski definition) is 3. The first kappa shape index (κ1) is 18.7. The van der Waals surface area contributed by atoms with Gasteiger partial charge in [-0.3, -0.25) is 4.79 Å². The highest BCUT2D eigenvalue weighted by molar-refractivity contribution is 5.85. The summed E-state index contributed by atoms with van der Waals surface area (Å²) < 4.78 is 2.01. The van der Waals surface area contributed by atoms with Crippen LogP contribution in [0.2, 0.25) is 0 Å². The smallest absolute Gasteiger partial charge is 0.221 e. The van der Waals surface area contributed by atoms with E-state index in [4.69, 9.17) is 0 Å². The van der Waals surface area contributed by atoms with Crippen molar-refractivity contribution >= 4 is 41.8 Å². The Labute approximate surface area is 131 Å². The maximum Gasteiger partial charge on any atom is 0.221 e. The maximum absolute atomic E-state index is 11.5. The topological polar surface area (TPSA) is 59.0 Å². The largest absolute Gasteiger partial charge is 0.349 e. The van der Waals surface area contributed by atoms with Gasteiger partial charge in [-0.1, -0.05) is 12.1 Å². The number of benzene rings is 1. The van der Waals surface area contributed by atoms with Gasteiger partial charge in [0.15, 0.2) is 0 Å². The molecular weight excluding hydrogens is 299 g/mol. The van der Waals surface area contributed by atoms with Crippen molar-refractivity contribution in [2.24, 2.45) is 7.05 Å². The molecule has 2 aromatic rings. The molecule has 0 spiro atoms. The van der Waals surface area contributed by atoms with Gasteiger partial charge in [-0.25, -0.2) is 4.98 Å². The first-order chi connectivity index (χ1) is 8.72. The second-order valence-electron chi connectivity index (χ2n) is 4.21. The Morgan fingerprint density at radius 1 is 1.30 bits per heavy atom. The fraction of sp³-hybridized carbons (Fsp3) is 0.385. The summed E-state index contributed by atoms with van der Waals surface area (Å²) >= 11 is 0. The van der Waals surface area contributed by atoms with E-state index >= 15 is 0 Å². The lowest BCUT2D eigenvalue weighted by Crippen LogP contribution is -2.27. The molecule has 0 atom stereocenters. The van der Waals surface area contributed by atoms with Crippen molar-refractivity contribution in [1.82, 2.24) is 20.2 Å². The molecule has 1 amide bonds. The van der Waals surface area contributed by atoms with Gasteiger partial charge in [-0.15, -0.1) is 24.8 Å². The monoisotopic (exact) mass is 318 g/mol. The number of aryl methyl sites for hydroxylation is 1. The van der Waals surface area contributed by atoms with Gasteiger partial charge >= 0.3 is 0 Å². The number of amides is 1. The SMILES string of the molecule is CNCCC(=O)NCc1nc2ccccc2n1C.Cl.Cl. The van der Waals surface area contributed by atoms with Gasteiger partial charge < -0.3 is 15.2 Å². The van der Waals surface area contributed by atoms with Gasteiger partial charge in [-0.05, 0) is 19.2 Å². The zero-order chi connectivity index (χ0) is 13.0. The third kappa shape index (κ3) is 4.37. The van der Waals surface area contributed by atoms with Crippen LogP contribution in [0.15, 0.2) is 24.3 Å². The number of para-hydroxylation sites is 2. The number of hydrogen-bond donors (Lipinski definition) is 2. The van der Waals surface area contributed by atoms with Crippen LogP contribution >= 0.6 is 24.8 Å². The lowest BCUT2D eigenvalue weighted by Gasteiger charge is -2.05. The molecule has 0 saturated carbocycles. The third-order valence-electron chi connectivity index (χ3n) is 2.93. The van der Waals surface area contributed by atoms with E-state index < -0.39 is 0 Å². The Hall–Kier alpha value is -1.30. The van der Waals surface area contributed by atoms with E-state index in [1.165, 1.54) is 0 Å². The highest BCUT2D eigenvalue weighted by Gasteiger charge is 2.08. The highest BCUT2D eigenvalue weighted by Crippen LogP contribution is 2.13. The standard InChI is InChI=1S/C13H18N4O.2ClH/c1-14-8-7-13(18)15-9-12-16-10-5-3-4-6-11(10)17(12)2;;/h3-6,14H,7-9H2,1-2H3,(H,15,18);2*1H. The molecule has 0 saturated heterocycles. The Morgan fingerprint density at radius 2 is 2.00 bits per heavy atom. The van der Waals surface area contributed by atoms with Crippen molar-refractivity contribution in [2.75, 3.05) is 13.6 Å². The van der Waals surface area contributed by atoms with Gasteiger partial charge in [0, 0.05) is 20.0 Å². The molecule has 7 heteroatoms.